The third-order valence-corrected chi connectivity index (χ3v) is 8.10. The zero-order valence-electron chi connectivity index (χ0n) is 16.3. The van der Waals surface area contributed by atoms with Crippen molar-refractivity contribution in [1.82, 2.24) is 4.31 Å². The van der Waals surface area contributed by atoms with Gasteiger partial charge in [0.15, 0.2) is 6.61 Å². The number of carbonyl (C=O) groups excluding carboxylic acids is 2. The molecule has 11 heteroatoms. The minimum absolute atomic E-state index is 0.0200. The van der Waals surface area contributed by atoms with Gasteiger partial charge in [-0.15, -0.1) is 11.3 Å². The number of thioether (sulfide) groups is 1. The summed E-state index contributed by atoms with van der Waals surface area (Å²) >= 11 is 2.79. The van der Waals surface area contributed by atoms with Crippen molar-refractivity contribution >= 4 is 50.7 Å². The number of amides is 1. The van der Waals surface area contributed by atoms with E-state index in [9.17, 15) is 18.0 Å². The van der Waals surface area contributed by atoms with Crippen molar-refractivity contribution in [2.24, 2.45) is 0 Å². The maximum absolute atomic E-state index is 13.0. The molecule has 2 aromatic rings. The standard InChI is InChI=1S/C19H22N2O6S3/c1-2-26-17(22)13-27-15-5-3-4-14(12-15)20-19(23)18-16(6-9-29-18)30(24,25)21-7-10-28-11-8-21/h3-6,9,12H,2,7-8,10-11,13H2,1H3,(H,20,23). The summed E-state index contributed by atoms with van der Waals surface area (Å²) in [5.41, 5.74) is 0.424. The van der Waals surface area contributed by atoms with Gasteiger partial charge in [-0.1, -0.05) is 6.07 Å². The van der Waals surface area contributed by atoms with Crippen LogP contribution in [0.4, 0.5) is 5.69 Å². The third-order valence-electron chi connectivity index (χ3n) is 4.18. The zero-order chi connectivity index (χ0) is 21.6. The fraction of sp³-hybridized carbons (Fsp3) is 0.368. The molecule has 0 radical (unpaired) electrons. The molecule has 162 valence electrons. The summed E-state index contributed by atoms with van der Waals surface area (Å²) in [7, 11) is -3.72. The van der Waals surface area contributed by atoms with Crippen LogP contribution >= 0.6 is 23.1 Å². The Labute approximate surface area is 183 Å². The van der Waals surface area contributed by atoms with Gasteiger partial charge in [0.2, 0.25) is 10.0 Å². The number of rotatable bonds is 8. The Hall–Kier alpha value is -2.08. The molecular formula is C19H22N2O6S3. The lowest BCUT2D eigenvalue weighted by Crippen LogP contribution is -2.38. The summed E-state index contributed by atoms with van der Waals surface area (Å²) in [6.07, 6.45) is 0. The molecule has 0 saturated carbocycles. The second-order valence-electron chi connectivity index (χ2n) is 6.21. The first-order chi connectivity index (χ1) is 14.4. The lowest BCUT2D eigenvalue weighted by molar-refractivity contribution is -0.145. The molecule has 30 heavy (non-hydrogen) atoms. The molecule has 0 spiro atoms. The molecule has 1 saturated heterocycles. The van der Waals surface area contributed by atoms with E-state index in [0.29, 0.717) is 24.5 Å². The van der Waals surface area contributed by atoms with Crippen LogP contribution in [-0.4, -0.2) is 62.4 Å². The van der Waals surface area contributed by atoms with E-state index in [0.717, 1.165) is 22.8 Å². The number of anilines is 1. The minimum Gasteiger partial charge on any atom is -0.482 e. The van der Waals surface area contributed by atoms with Gasteiger partial charge < -0.3 is 14.8 Å². The zero-order valence-corrected chi connectivity index (χ0v) is 18.8. The van der Waals surface area contributed by atoms with Gasteiger partial charge in [-0.2, -0.15) is 16.1 Å². The summed E-state index contributed by atoms with van der Waals surface area (Å²) < 4.78 is 37.5. The van der Waals surface area contributed by atoms with E-state index >= 15 is 0 Å². The van der Waals surface area contributed by atoms with Crippen molar-refractivity contribution in [2.45, 2.75) is 11.8 Å². The number of thiophene rings is 1. The maximum atomic E-state index is 13.0. The maximum Gasteiger partial charge on any atom is 0.344 e. The van der Waals surface area contributed by atoms with Crippen molar-refractivity contribution in [3.8, 4) is 5.75 Å². The quantitative estimate of drug-likeness (QED) is 0.592. The monoisotopic (exact) mass is 470 g/mol. The number of esters is 1. The topological polar surface area (TPSA) is 102 Å². The van der Waals surface area contributed by atoms with Crippen LogP contribution in [-0.2, 0) is 19.6 Å². The first-order valence-electron chi connectivity index (χ1n) is 9.27. The molecule has 1 aliphatic rings. The van der Waals surface area contributed by atoms with Gasteiger partial charge in [-0.25, -0.2) is 13.2 Å². The van der Waals surface area contributed by atoms with Crippen LogP contribution in [0.2, 0.25) is 0 Å². The smallest absolute Gasteiger partial charge is 0.344 e. The largest absolute Gasteiger partial charge is 0.482 e. The van der Waals surface area contributed by atoms with Crippen molar-refractivity contribution in [2.75, 3.05) is 43.1 Å². The van der Waals surface area contributed by atoms with Gasteiger partial charge >= 0.3 is 5.97 Å². The number of hydrogen-bond donors (Lipinski definition) is 1. The van der Waals surface area contributed by atoms with E-state index in [1.165, 1.54) is 10.4 Å². The predicted molar refractivity (Wildman–Crippen MR) is 117 cm³/mol. The lowest BCUT2D eigenvalue weighted by Gasteiger charge is -2.25. The number of carbonyl (C=O) groups is 2. The van der Waals surface area contributed by atoms with Crippen molar-refractivity contribution < 1.29 is 27.5 Å². The average Bonchev–Trinajstić information content (AvgIpc) is 3.25. The molecule has 1 amide bonds. The van der Waals surface area contributed by atoms with Crippen molar-refractivity contribution in [3.63, 3.8) is 0 Å². The van der Waals surface area contributed by atoms with Gasteiger partial charge in [-0.05, 0) is 30.5 Å². The molecule has 1 aliphatic heterocycles. The van der Waals surface area contributed by atoms with Crippen LogP contribution in [0.15, 0.2) is 40.6 Å². The highest BCUT2D eigenvalue weighted by molar-refractivity contribution is 7.99. The summed E-state index contributed by atoms with van der Waals surface area (Å²) in [6.45, 7) is 2.60. The van der Waals surface area contributed by atoms with E-state index in [1.54, 1.807) is 48.3 Å². The Morgan fingerprint density at radius 3 is 2.70 bits per heavy atom. The summed E-state index contributed by atoms with van der Waals surface area (Å²) in [4.78, 5) is 24.4. The van der Waals surface area contributed by atoms with Crippen LogP contribution in [0.1, 0.15) is 16.6 Å². The predicted octanol–water partition coefficient (Wildman–Crippen LogP) is 2.68. The Bertz CT molecular complexity index is 999. The molecule has 3 rings (SSSR count). The molecule has 1 aromatic heterocycles. The molecule has 1 N–H and O–H groups in total. The summed E-state index contributed by atoms with van der Waals surface area (Å²) in [5.74, 6) is 0.854. The van der Waals surface area contributed by atoms with Gasteiger partial charge in [0, 0.05) is 36.3 Å². The molecular weight excluding hydrogens is 448 g/mol. The number of nitrogens with one attached hydrogen (secondary N) is 1. The fourth-order valence-corrected chi connectivity index (χ4v) is 6.66. The third kappa shape index (κ3) is 5.54. The minimum atomic E-state index is -3.72. The van der Waals surface area contributed by atoms with Crippen LogP contribution in [0, 0.1) is 0 Å². The van der Waals surface area contributed by atoms with Crippen LogP contribution in [0.5, 0.6) is 5.75 Å². The number of ether oxygens (including phenoxy) is 2. The first-order valence-corrected chi connectivity index (χ1v) is 12.7. The van der Waals surface area contributed by atoms with E-state index in [1.807, 2.05) is 0 Å². The number of hydrogen-bond acceptors (Lipinski definition) is 8. The number of benzene rings is 1. The molecule has 8 nitrogen and oxygen atoms in total. The Morgan fingerprint density at radius 2 is 1.97 bits per heavy atom. The summed E-state index contributed by atoms with van der Waals surface area (Å²) in [6, 6.07) is 7.98. The normalized spacial score (nSPS) is 14.8. The SMILES string of the molecule is CCOC(=O)COc1cccc(NC(=O)c2sccc2S(=O)(=O)N2CCSCC2)c1. The average molecular weight is 471 g/mol. The van der Waals surface area contributed by atoms with Gasteiger partial charge in [-0.3, -0.25) is 4.79 Å². The van der Waals surface area contributed by atoms with Gasteiger partial charge in [0.05, 0.1) is 6.61 Å². The Kier molecular flexibility index (Phi) is 7.75. The van der Waals surface area contributed by atoms with Crippen LogP contribution in [0.25, 0.3) is 0 Å². The highest BCUT2D eigenvalue weighted by Crippen LogP contribution is 2.28. The molecule has 0 aliphatic carbocycles. The second kappa shape index (κ2) is 10.3. The van der Waals surface area contributed by atoms with E-state index in [4.69, 9.17) is 9.47 Å². The fourth-order valence-electron chi connectivity index (χ4n) is 2.79. The van der Waals surface area contributed by atoms with Crippen molar-refractivity contribution in [1.29, 1.82) is 0 Å². The number of sulfonamides is 1. The second-order valence-corrected chi connectivity index (χ2v) is 10.3. The Balaban J connectivity index is 1.71. The van der Waals surface area contributed by atoms with Gasteiger partial charge in [0.1, 0.15) is 15.5 Å². The number of nitrogens with zero attached hydrogens (tertiary/aromatic N) is 1. The van der Waals surface area contributed by atoms with E-state index in [2.05, 4.69) is 5.32 Å². The van der Waals surface area contributed by atoms with Crippen LogP contribution in [0.3, 0.4) is 0 Å². The summed E-state index contributed by atoms with van der Waals surface area (Å²) in [5, 5.41) is 4.30. The van der Waals surface area contributed by atoms with Gasteiger partial charge in [0.25, 0.3) is 5.91 Å². The highest BCUT2D eigenvalue weighted by atomic mass is 32.2. The first kappa shape index (κ1) is 22.6. The molecule has 2 heterocycles. The molecule has 0 atom stereocenters. The lowest BCUT2D eigenvalue weighted by atomic mass is 10.3. The van der Waals surface area contributed by atoms with E-state index in [-0.39, 0.29) is 23.0 Å². The molecule has 0 bridgehead atoms. The van der Waals surface area contributed by atoms with Crippen LogP contribution < -0.4 is 10.1 Å². The molecule has 1 aromatic carbocycles. The van der Waals surface area contributed by atoms with E-state index < -0.39 is 21.9 Å². The Morgan fingerprint density at radius 1 is 1.20 bits per heavy atom. The van der Waals surface area contributed by atoms with Crippen molar-refractivity contribution in [3.05, 3.63) is 40.6 Å². The molecule has 1 fully saturated rings. The highest BCUT2D eigenvalue weighted by Gasteiger charge is 2.31. The molecule has 0 unspecified atom stereocenters.